The lowest BCUT2D eigenvalue weighted by atomic mass is 9.72. The van der Waals surface area contributed by atoms with Crippen LogP contribution in [0.15, 0.2) is 29.3 Å². The van der Waals surface area contributed by atoms with E-state index < -0.39 is 0 Å². The van der Waals surface area contributed by atoms with Crippen LogP contribution >= 0.6 is 0 Å². The zero-order valence-electron chi connectivity index (χ0n) is 17.0. The number of nitrogens with zero attached hydrogens (tertiary/aromatic N) is 1. The summed E-state index contributed by atoms with van der Waals surface area (Å²) < 4.78 is 0. The van der Waals surface area contributed by atoms with Crippen molar-refractivity contribution in [3.63, 3.8) is 0 Å². The van der Waals surface area contributed by atoms with Gasteiger partial charge in [-0.25, -0.2) is 0 Å². The number of aliphatic imine (C=N–C) groups is 1. The number of hydrogen-bond acceptors (Lipinski definition) is 1. The van der Waals surface area contributed by atoms with Crippen molar-refractivity contribution in [1.29, 1.82) is 0 Å². The Morgan fingerprint density at radius 3 is 2.50 bits per heavy atom. The molecular formula is C23H39N. The zero-order valence-corrected chi connectivity index (χ0v) is 17.0. The Balaban J connectivity index is 4.46. The van der Waals surface area contributed by atoms with Gasteiger partial charge in [-0.1, -0.05) is 71.3 Å². The summed E-state index contributed by atoms with van der Waals surface area (Å²) in [6.07, 6.45) is 17.2. The minimum absolute atomic E-state index is 0.0892. The first kappa shape index (κ1) is 22.7. The normalized spacial score (nSPS) is 16.2. The zero-order chi connectivity index (χ0) is 18.6. The van der Waals surface area contributed by atoms with E-state index in [4.69, 9.17) is 6.42 Å². The molecule has 0 aliphatic rings. The van der Waals surface area contributed by atoms with Crippen molar-refractivity contribution >= 4 is 5.71 Å². The van der Waals surface area contributed by atoms with E-state index in [1.807, 2.05) is 0 Å². The summed E-state index contributed by atoms with van der Waals surface area (Å²) in [6.45, 7) is 18.0. The molecular weight excluding hydrogens is 290 g/mol. The van der Waals surface area contributed by atoms with Crippen molar-refractivity contribution in [2.24, 2.45) is 22.2 Å². The summed E-state index contributed by atoms with van der Waals surface area (Å²) in [6, 6.07) is 0. The van der Waals surface area contributed by atoms with Crippen LogP contribution in [0.2, 0.25) is 0 Å². The fourth-order valence-corrected chi connectivity index (χ4v) is 2.81. The molecule has 0 aliphatic carbocycles. The third kappa shape index (κ3) is 8.53. The highest BCUT2D eigenvalue weighted by Gasteiger charge is 2.30. The van der Waals surface area contributed by atoms with Gasteiger partial charge in [0, 0.05) is 11.1 Å². The molecule has 0 rings (SSSR count). The molecule has 24 heavy (non-hydrogen) atoms. The van der Waals surface area contributed by atoms with Crippen LogP contribution < -0.4 is 0 Å². The van der Waals surface area contributed by atoms with Gasteiger partial charge in [0.2, 0.25) is 0 Å². The molecule has 0 heterocycles. The predicted octanol–water partition coefficient (Wildman–Crippen LogP) is 6.85. The molecule has 1 nitrogen and oxygen atoms in total. The molecule has 0 radical (unpaired) electrons. The van der Waals surface area contributed by atoms with E-state index in [0.29, 0.717) is 18.4 Å². The highest BCUT2D eigenvalue weighted by Crippen LogP contribution is 2.33. The molecule has 0 saturated carbocycles. The minimum atomic E-state index is 0.0892. The van der Waals surface area contributed by atoms with E-state index in [-0.39, 0.29) is 5.41 Å². The maximum Gasteiger partial charge on any atom is 0.0994 e. The van der Waals surface area contributed by atoms with Gasteiger partial charge in [0.05, 0.1) is 6.54 Å². The number of unbranched alkanes of at least 4 members (excludes halogenated alkanes) is 1. The van der Waals surface area contributed by atoms with Gasteiger partial charge < -0.3 is 0 Å². The number of hydrogen-bond donors (Lipinski definition) is 0. The molecule has 0 amide bonds. The van der Waals surface area contributed by atoms with Crippen molar-refractivity contribution in [3.05, 3.63) is 24.3 Å². The molecule has 0 spiro atoms. The molecule has 0 fully saturated rings. The Bertz CT molecular complexity index is 461. The summed E-state index contributed by atoms with van der Waals surface area (Å²) in [5.74, 6) is 3.79. The monoisotopic (exact) mass is 329 g/mol. The van der Waals surface area contributed by atoms with Gasteiger partial charge in [0.1, 0.15) is 0 Å². The van der Waals surface area contributed by atoms with Crippen molar-refractivity contribution in [2.75, 3.05) is 6.54 Å². The maximum atomic E-state index is 5.34. The molecule has 136 valence electrons. The van der Waals surface area contributed by atoms with Gasteiger partial charge in [-0.05, 0) is 50.9 Å². The molecule has 0 aromatic carbocycles. The van der Waals surface area contributed by atoms with E-state index in [1.54, 1.807) is 0 Å². The second-order valence-corrected chi connectivity index (χ2v) is 7.64. The van der Waals surface area contributed by atoms with E-state index >= 15 is 0 Å². The summed E-state index contributed by atoms with van der Waals surface area (Å²) in [5, 5.41) is 0. The summed E-state index contributed by atoms with van der Waals surface area (Å²) in [4.78, 5) is 4.56. The van der Waals surface area contributed by atoms with E-state index in [1.165, 1.54) is 37.0 Å². The SMILES string of the molecule is C#CCN=C(C)C(C)(CC=CC(C)CCCCC(=C)CC)C(C)C. The predicted molar refractivity (Wildman–Crippen MR) is 111 cm³/mol. The molecule has 2 unspecified atom stereocenters. The summed E-state index contributed by atoms with van der Waals surface area (Å²) in [5.41, 5.74) is 2.64. The molecule has 1 heteroatoms. The van der Waals surface area contributed by atoms with Crippen LogP contribution in [-0.2, 0) is 0 Å². The second-order valence-electron chi connectivity index (χ2n) is 7.64. The lowest BCUT2D eigenvalue weighted by Gasteiger charge is -2.33. The van der Waals surface area contributed by atoms with Gasteiger partial charge in [-0.15, -0.1) is 6.42 Å². The lowest BCUT2D eigenvalue weighted by Crippen LogP contribution is -2.31. The Morgan fingerprint density at radius 1 is 1.29 bits per heavy atom. The molecule has 0 saturated heterocycles. The van der Waals surface area contributed by atoms with Crippen LogP contribution in [0.3, 0.4) is 0 Å². The van der Waals surface area contributed by atoms with Crippen LogP contribution in [-0.4, -0.2) is 12.3 Å². The highest BCUT2D eigenvalue weighted by molar-refractivity contribution is 5.88. The van der Waals surface area contributed by atoms with Gasteiger partial charge in [0.15, 0.2) is 0 Å². The fraction of sp³-hybridized carbons (Fsp3) is 0.696. The molecule has 0 aromatic heterocycles. The van der Waals surface area contributed by atoms with Crippen molar-refractivity contribution in [1.82, 2.24) is 0 Å². The fourth-order valence-electron chi connectivity index (χ4n) is 2.81. The number of allylic oxidation sites excluding steroid dienone is 3. The second kappa shape index (κ2) is 12.1. The quantitative estimate of drug-likeness (QED) is 0.161. The highest BCUT2D eigenvalue weighted by atomic mass is 14.7. The van der Waals surface area contributed by atoms with Crippen LogP contribution in [0.5, 0.6) is 0 Å². The topological polar surface area (TPSA) is 12.4 Å². The molecule has 0 aliphatic heterocycles. The molecule has 2 atom stereocenters. The van der Waals surface area contributed by atoms with E-state index in [2.05, 4.69) is 71.2 Å². The van der Waals surface area contributed by atoms with Crippen molar-refractivity contribution in [3.8, 4) is 12.3 Å². The summed E-state index contributed by atoms with van der Waals surface area (Å²) in [7, 11) is 0. The van der Waals surface area contributed by atoms with Crippen LogP contribution in [0.1, 0.15) is 80.1 Å². The van der Waals surface area contributed by atoms with E-state index in [0.717, 1.165) is 12.8 Å². The van der Waals surface area contributed by atoms with Crippen LogP contribution in [0.25, 0.3) is 0 Å². The lowest BCUT2D eigenvalue weighted by molar-refractivity contribution is 0.330. The largest absolute Gasteiger partial charge is 0.281 e. The first-order valence-electron chi connectivity index (χ1n) is 9.56. The van der Waals surface area contributed by atoms with Gasteiger partial charge in [-0.2, -0.15) is 0 Å². The van der Waals surface area contributed by atoms with Gasteiger partial charge >= 0.3 is 0 Å². The Morgan fingerprint density at radius 2 is 1.96 bits per heavy atom. The Labute approximate surface area is 151 Å². The summed E-state index contributed by atoms with van der Waals surface area (Å²) >= 11 is 0. The number of terminal acetylenes is 1. The third-order valence-electron chi connectivity index (χ3n) is 5.45. The van der Waals surface area contributed by atoms with Crippen LogP contribution in [0, 0.1) is 29.6 Å². The Hall–Kier alpha value is -1.29. The first-order chi connectivity index (χ1) is 11.3. The van der Waals surface area contributed by atoms with Gasteiger partial charge in [0.25, 0.3) is 0 Å². The molecule has 0 bridgehead atoms. The van der Waals surface area contributed by atoms with Gasteiger partial charge in [-0.3, -0.25) is 4.99 Å². The van der Waals surface area contributed by atoms with Crippen molar-refractivity contribution < 1.29 is 0 Å². The average Bonchev–Trinajstić information content (AvgIpc) is 2.55. The van der Waals surface area contributed by atoms with Crippen LogP contribution in [0.4, 0.5) is 0 Å². The first-order valence-corrected chi connectivity index (χ1v) is 9.56. The standard InChI is InChI=1S/C23H39N/c1-9-18-24-22(7)23(8,19(3)4)17-13-16-21(6)15-12-11-14-20(5)10-2/h1,13,16,19,21H,5,10-12,14-15,17-18H2,2-4,6-8H3. The average molecular weight is 330 g/mol. The maximum absolute atomic E-state index is 5.34. The Kier molecular flexibility index (Phi) is 11.5. The minimum Gasteiger partial charge on any atom is -0.281 e. The number of rotatable bonds is 12. The third-order valence-corrected chi connectivity index (χ3v) is 5.45. The van der Waals surface area contributed by atoms with E-state index in [9.17, 15) is 0 Å². The van der Waals surface area contributed by atoms with Crippen molar-refractivity contribution in [2.45, 2.75) is 80.1 Å². The molecule has 0 N–H and O–H groups in total. The smallest absolute Gasteiger partial charge is 0.0994 e. The molecule has 0 aromatic rings.